The average Bonchev–Trinajstić information content (AvgIpc) is 2.64. The van der Waals surface area contributed by atoms with Gasteiger partial charge in [-0.05, 0) is 38.4 Å². The summed E-state index contributed by atoms with van der Waals surface area (Å²) in [5.41, 5.74) is 9.11. The number of nitrogens with zero attached hydrogens (tertiary/aromatic N) is 1. The summed E-state index contributed by atoms with van der Waals surface area (Å²) in [7, 11) is 0. The van der Waals surface area contributed by atoms with E-state index in [9.17, 15) is 0 Å². The summed E-state index contributed by atoms with van der Waals surface area (Å²) in [6, 6.07) is 4.65. The lowest BCUT2D eigenvalue weighted by Crippen LogP contribution is -2.32. The molecule has 1 aromatic rings. The van der Waals surface area contributed by atoms with E-state index in [-0.39, 0.29) is 0 Å². The Morgan fingerprint density at radius 1 is 1.30 bits per heavy atom. The number of anilines is 1. The van der Waals surface area contributed by atoms with Crippen molar-refractivity contribution >= 4 is 5.69 Å². The van der Waals surface area contributed by atoms with Gasteiger partial charge in [-0.2, -0.15) is 0 Å². The van der Waals surface area contributed by atoms with Crippen LogP contribution in [0.1, 0.15) is 43.7 Å². The molecule has 2 aliphatic heterocycles. The molecule has 1 aromatic carbocycles. The standard InChI is InChI=1S/C16H24N2O2/c1-12-5-3-2-4-6-18(12)9-13-7-15(17)8-14-10-19-11-20-16(13)14/h7-8,12H,2-6,9-11,17H2,1H3. The molecule has 1 saturated heterocycles. The first-order chi connectivity index (χ1) is 9.74. The minimum absolute atomic E-state index is 0.347. The number of rotatable bonds is 2. The van der Waals surface area contributed by atoms with E-state index >= 15 is 0 Å². The molecule has 110 valence electrons. The lowest BCUT2D eigenvalue weighted by molar-refractivity contribution is -0.0175. The summed E-state index contributed by atoms with van der Waals surface area (Å²) in [4.78, 5) is 2.56. The fraction of sp³-hybridized carbons (Fsp3) is 0.625. The largest absolute Gasteiger partial charge is 0.467 e. The number of nitrogens with two attached hydrogens (primary N) is 1. The van der Waals surface area contributed by atoms with Crippen molar-refractivity contribution in [2.24, 2.45) is 0 Å². The lowest BCUT2D eigenvalue weighted by Gasteiger charge is -2.29. The van der Waals surface area contributed by atoms with Gasteiger partial charge < -0.3 is 15.2 Å². The fourth-order valence-electron chi connectivity index (χ4n) is 3.23. The SMILES string of the molecule is CC1CCCCCN1Cc1cc(N)cc2c1OCOC2. The first kappa shape index (κ1) is 13.7. The van der Waals surface area contributed by atoms with Crippen LogP contribution in [0.2, 0.25) is 0 Å². The van der Waals surface area contributed by atoms with Crippen molar-refractivity contribution in [2.75, 3.05) is 19.1 Å². The highest BCUT2D eigenvalue weighted by atomic mass is 16.7. The first-order valence-electron chi connectivity index (χ1n) is 7.60. The van der Waals surface area contributed by atoms with Gasteiger partial charge >= 0.3 is 0 Å². The van der Waals surface area contributed by atoms with E-state index in [0.717, 1.165) is 23.5 Å². The summed E-state index contributed by atoms with van der Waals surface area (Å²) in [5.74, 6) is 0.988. The number of hydrogen-bond acceptors (Lipinski definition) is 4. The Morgan fingerprint density at radius 2 is 2.20 bits per heavy atom. The molecule has 0 spiro atoms. The predicted molar refractivity (Wildman–Crippen MR) is 79.5 cm³/mol. The quantitative estimate of drug-likeness (QED) is 0.844. The van der Waals surface area contributed by atoms with Crippen molar-refractivity contribution in [1.82, 2.24) is 4.90 Å². The van der Waals surface area contributed by atoms with Crippen LogP contribution in [0.3, 0.4) is 0 Å². The summed E-state index contributed by atoms with van der Waals surface area (Å²) < 4.78 is 11.1. The molecular formula is C16H24N2O2. The van der Waals surface area contributed by atoms with Gasteiger partial charge in [-0.1, -0.05) is 12.8 Å². The number of ether oxygens (including phenoxy) is 2. The summed E-state index contributed by atoms with van der Waals surface area (Å²) >= 11 is 0. The molecule has 20 heavy (non-hydrogen) atoms. The van der Waals surface area contributed by atoms with Crippen LogP contribution >= 0.6 is 0 Å². The second-order valence-electron chi connectivity index (χ2n) is 5.95. The maximum atomic E-state index is 6.02. The molecule has 0 aliphatic carbocycles. The van der Waals surface area contributed by atoms with Gasteiger partial charge in [-0.3, -0.25) is 4.90 Å². The second-order valence-corrected chi connectivity index (χ2v) is 5.95. The highest BCUT2D eigenvalue weighted by Crippen LogP contribution is 2.32. The molecule has 0 aromatic heterocycles. The number of likely N-dealkylation sites (tertiary alicyclic amines) is 1. The third-order valence-corrected chi connectivity index (χ3v) is 4.37. The second kappa shape index (κ2) is 6.02. The molecule has 4 heteroatoms. The van der Waals surface area contributed by atoms with Gasteiger partial charge in [-0.15, -0.1) is 0 Å². The van der Waals surface area contributed by atoms with Crippen LogP contribution in [-0.4, -0.2) is 24.3 Å². The summed E-state index contributed by atoms with van der Waals surface area (Å²) in [6.07, 6.45) is 5.27. The zero-order chi connectivity index (χ0) is 13.9. The molecule has 0 saturated carbocycles. The summed E-state index contributed by atoms with van der Waals surface area (Å²) in [6.45, 7) is 5.37. The smallest absolute Gasteiger partial charge is 0.189 e. The first-order valence-corrected chi connectivity index (χ1v) is 7.60. The molecule has 1 fully saturated rings. The van der Waals surface area contributed by atoms with Crippen LogP contribution in [0, 0.1) is 0 Å². The minimum atomic E-state index is 0.347. The highest BCUT2D eigenvalue weighted by Gasteiger charge is 2.21. The van der Waals surface area contributed by atoms with Crippen LogP contribution < -0.4 is 10.5 Å². The molecule has 2 aliphatic rings. The number of benzene rings is 1. The van der Waals surface area contributed by atoms with E-state index in [1.165, 1.54) is 37.8 Å². The Labute approximate surface area is 120 Å². The number of fused-ring (bicyclic) bond motifs is 1. The van der Waals surface area contributed by atoms with E-state index < -0.39 is 0 Å². The van der Waals surface area contributed by atoms with Gasteiger partial charge in [0.2, 0.25) is 0 Å². The van der Waals surface area contributed by atoms with E-state index in [1.54, 1.807) is 0 Å². The van der Waals surface area contributed by atoms with Gasteiger partial charge in [0, 0.05) is 29.4 Å². The monoisotopic (exact) mass is 276 g/mol. The zero-order valence-electron chi connectivity index (χ0n) is 12.2. The van der Waals surface area contributed by atoms with Crippen molar-refractivity contribution in [3.63, 3.8) is 0 Å². The van der Waals surface area contributed by atoms with Crippen LogP contribution in [0.15, 0.2) is 12.1 Å². The fourth-order valence-corrected chi connectivity index (χ4v) is 3.23. The Bertz CT molecular complexity index is 476. The number of hydrogen-bond donors (Lipinski definition) is 1. The van der Waals surface area contributed by atoms with Gasteiger partial charge in [0.25, 0.3) is 0 Å². The molecule has 1 atom stereocenters. The van der Waals surface area contributed by atoms with Crippen LogP contribution in [0.25, 0.3) is 0 Å². The van der Waals surface area contributed by atoms with Gasteiger partial charge in [-0.25, -0.2) is 0 Å². The molecule has 1 unspecified atom stereocenters. The maximum absolute atomic E-state index is 6.02. The molecule has 0 bridgehead atoms. The molecule has 0 amide bonds. The lowest BCUT2D eigenvalue weighted by atomic mass is 10.1. The van der Waals surface area contributed by atoms with Gasteiger partial charge in [0.15, 0.2) is 6.79 Å². The van der Waals surface area contributed by atoms with Crippen molar-refractivity contribution in [3.8, 4) is 5.75 Å². The Kier molecular flexibility index (Phi) is 4.13. The van der Waals surface area contributed by atoms with Gasteiger partial charge in [0.1, 0.15) is 5.75 Å². The van der Waals surface area contributed by atoms with E-state index in [2.05, 4.69) is 17.9 Å². The van der Waals surface area contributed by atoms with Crippen LogP contribution in [0.4, 0.5) is 5.69 Å². The van der Waals surface area contributed by atoms with E-state index in [0.29, 0.717) is 19.4 Å². The normalized spacial score (nSPS) is 23.8. The van der Waals surface area contributed by atoms with Gasteiger partial charge in [0.05, 0.1) is 6.61 Å². The highest BCUT2D eigenvalue weighted by molar-refractivity contribution is 5.53. The van der Waals surface area contributed by atoms with E-state index in [4.69, 9.17) is 15.2 Å². The molecular weight excluding hydrogens is 252 g/mol. The third-order valence-electron chi connectivity index (χ3n) is 4.37. The van der Waals surface area contributed by atoms with Crippen molar-refractivity contribution in [1.29, 1.82) is 0 Å². The third kappa shape index (κ3) is 2.91. The molecule has 3 rings (SSSR count). The molecule has 4 nitrogen and oxygen atoms in total. The van der Waals surface area contributed by atoms with Crippen molar-refractivity contribution in [2.45, 2.75) is 51.8 Å². The van der Waals surface area contributed by atoms with Crippen molar-refractivity contribution in [3.05, 3.63) is 23.3 Å². The average molecular weight is 276 g/mol. The summed E-state index contributed by atoms with van der Waals surface area (Å²) in [5, 5.41) is 0. The molecule has 2 heterocycles. The topological polar surface area (TPSA) is 47.7 Å². The predicted octanol–water partition coefficient (Wildman–Crippen LogP) is 2.90. The maximum Gasteiger partial charge on any atom is 0.189 e. The van der Waals surface area contributed by atoms with E-state index in [1.807, 2.05) is 6.07 Å². The zero-order valence-corrected chi connectivity index (χ0v) is 12.2. The minimum Gasteiger partial charge on any atom is -0.467 e. The molecule has 0 radical (unpaired) electrons. The Morgan fingerprint density at radius 3 is 3.10 bits per heavy atom. The van der Waals surface area contributed by atoms with Crippen LogP contribution in [0.5, 0.6) is 5.75 Å². The molecule has 2 N–H and O–H groups in total. The van der Waals surface area contributed by atoms with Crippen LogP contribution in [-0.2, 0) is 17.9 Å². The van der Waals surface area contributed by atoms with Crippen molar-refractivity contribution < 1.29 is 9.47 Å². The Hall–Kier alpha value is -1.26. The number of nitrogen functional groups attached to an aromatic ring is 1. The Balaban J connectivity index is 1.84.